The topological polar surface area (TPSA) is 103 Å². The van der Waals surface area contributed by atoms with Crippen molar-refractivity contribution < 1.29 is 14.6 Å². The molecule has 0 bridgehead atoms. The first-order chi connectivity index (χ1) is 11.8. The second kappa shape index (κ2) is 7.44. The summed E-state index contributed by atoms with van der Waals surface area (Å²) in [4.78, 5) is 8.73. The zero-order valence-corrected chi connectivity index (χ0v) is 16.2. The number of nitrogen functional groups attached to an aromatic ring is 1. The van der Waals surface area contributed by atoms with Gasteiger partial charge in [-0.25, -0.2) is 9.97 Å². The van der Waals surface area contributed by atoms with Crippen molar-refractivity contribution in [3.8, 4) is 0 Å². The van der Waals surface area contributed by atoms with Gasteiger partial charge >= 0.3 is 0 Å². The third-order valence-electron chi connectivity index (χ3n) is 4.45. The number of aromatic nitrogens is 2. The van der Waals surface area contributed by atoms with Crippen LogP contribution in [0.5, 0.6) is 0 Å². The molecule has 1 saturated heterocycles. The predicted molar refractivity (Wildman–Crippen MR) is 98.9 cm³/mol. The van der Waals surface area contributed by atoms with Crippen LogP contribution in [0.1, 0.15) is 33.6 Å². The zero-order valence-electron chi connectivity index (χ0n) is 14.7. The van der Waals surface area contributed by atoms with E-state index in [9.17, 15) is 5.11 Å². The van der Waals surface area contributed by atoms with E-state index in [-0.39, 0.29) is 35.9 Å². The van der Waals surface area contributed by atoms with E-state index in [0.29, 0.717) is 23.1 Å². The monoisotopic (exact) mass is 388 g/mol. The molecule has 3 rings (SSSR count). The molecule has 0 aromatic carbocycles. The van der Waals surface area contributed by atoms with Gasteiger partial charge in [-0.05, 0) is 26.7 Å². The summed E-state index contributed by atoms with van der Waals surface area (Å²) in [5.41, 5.74) is 6.39. The average Bonchev–Trinajstić information content (AvgIpc) is 3.03. The van der Waals surface area contributed by atoms with Crippen LogP contribution >= 0.6 is 23.4 Å². The Morgan fingerprint density at radius 3 is 2.76 bits per heavy atom. The quantitative estimate of drug-likeness (QED) is 0.388. The molecule has 7 nitrogen and oxygen atoms in total. The van der Waals surface area contributed by atoms with Gasteiger partial charge < -0.3 is 25.6 Å². The third-order valence-corrected chi connectivity index (χ3v) is 5.79. The number of aliphatic hydroxyl groups is 1. The molecule has 9 heteroatoms. The maximum absolute atomic E-state index is 9.67. The summed E-state index contributed by atoms with van der Waals surface area (Å²) in [5, 5.41) is 13.9. The van der Waals surface area contributed by atoms with Gasteiger partial charge in [0.05, 0.1) is 12.1 Å². The van der Waals surface area contributed by atoms with E-state index < -0.39 is 5.79 Å². The molecule has 1 aliphatic carbocycles. The third kappa shape index (κ3) is 3.98. The molecule has 0 radical (unpaired) electrons. The van der Waals surface area contributed by atoms with E-state index in [0.717, 1.165) is 12.2 Å². The molecule has 25 heavy (non-hydrogen) atoms. The van der Waals surface area contributed by atoms with Gasteiger partial charge in [-0.15, -0.1) is 0 Å². The van der Waals surface area contributed by atoms with E-state index >= 15 is 0 Å². The molecule has 2 aliphatic rings. The maximum atomic E-state index is 9.67. The number of nitrogens with one attached hydrogen (secondary N) is 1. The van der Waals surface area contributed by atoms with E-state index in [2.05, 4.69) is 22.2 Å². The maximum Gasteiger partial charge on any atom is 0.191 e. The summed E-state index contributed by atoms with van der Waals surface area (Å²) >= 11 is 7.71. The molecular formula is C16H25ClN4O3S. The fraction of sp³-hybridized carbons (Fsp3) is 0.750. The Morgan fingerprint density at radius 2 is 2.08 bits per heavy atom. The fourth-order valence-corrected chi connectivity index (χ4v) is 4.29. The predicted octanol–water partition coefficient (Wildman–Crippen LogP) is 2.53. The van der Waals surface area contributed by atoms with Gasteiger partial charge in [0.2, 0.25) is 0 Å². The first kappa shape index (κ1) is 19.0. The molecule has 2 fully saturated rings. The number of thioether (sulfide) groups is 1. The van der Waals surface area contributed by atoms with E-state index in [1.165, 1.54) is 0 Å². The highest BCUT2D eigenvalue weighted by Gasteiger charge is 2.53. The van der Waals surface area contributed by atoms with Crippen molar-refractivity contribution in [2.75, 3.05) is 23.4 Å². The summed E-state index contributed by atoms with van der Waals surface area (Å²) in [6, 6.07) is -0.0683. The second-order valence-corrected chi connectivity index (χ2v) is 8.32. The number of hydrogen-bond acceptors (Lipinski definition) is 8. The molecule has 1 aromatic heterocycles. The van der Waals surface area contributed by atoms with Crippen molar-refractivity contribution in [3.63, 3.8) is 0 Å². The molecular weight excluding hydrogens is 364 g/mol. The van der Waals surface area contributed by atoms with Crippen molar-refractivity contribution in [2.45, 2.75) is 62.8 Å². The summed E-state index contributed by atoms with van der Waals surface area (Å²) in [7, 11) is 0. The number of nitrogens with two attached hydrogens (primary N) is 1. The van der Waals surface area contributed by atoms with E-state index in [1.54, 1.807) is 11.8 Å². The second-order valence-electron chi connectivity index (χ2n) is 6.90. The van der Waals surface area contributed by atoms with E-state index in [4.69, 9.17) is 26.8 Å². The minimum Gasteiger partial charge on any atom is -0.396 e. The number of nitrogens with zero attached hydrogens (tertiary/aromatic N) is 2. The summed E-state index contributed by atoms with van der Waals surface area (Å²) in [6.45, 7) is 5.91. The molecule has 0 spiro atoms. The fourth-order valence-electron chi connectivity index (χ4n) is 3.37. The lowest BCUT2D eigenvalue weighted by molar-refractivity contribution is -0.158. The Hall–Kier alpha value is -0.800. The molecule has 2 heterocycles. The Bertz CT molecular complexity index is 634. The molecule has 1 aliphatic heterocycles. The number of halogens is 1. The normalized spacial score (nSPS) is 30.4. The van der Waals surface area contributed by atoms with Gasteiger partial charge in [-0.1, -0.05) is 30.3 Å². The van der Waals surface area contributed by atoms with Gasteiger partial charge in [-0.3, -0.25) is 0 Å². The number of aliphatic hydroxyl groups excluding tert-OH is 1. The van der Waals surface area contributed by atoms with Crippen LogP contribution in [-0.2, 0) is 9.47 Å². The number of anilines is 2. The standard InChI is InChI=1S/C16H25ClN4O3S/c1-4-5-25-15-20-13(17)10(18)14(21-15)19-9-6-8(7-22)11-12(9)24-16(2,3)23-11/h8-9,11-12,22H,4-7,18H2,1-3H3,(H,19,20,21). The van der Waals surface area contributed by atoms with Crippen LogP contribution in [0.15, 0.2) is 5.16 Å². The number of ether oxygens (including phenoxy) is 2. The van der Waals surface area contributed by atoms with Crippen molar-refractivity contribution in [1.82, 2.24) is 9.97 Å². The van der Waals surface area contributed by atoms with Gasteiger partial charge in [0, 0.05) is 18.3 Å². The van der Waals surface area contributed by atoms with Gasteiger partial charge in [-0.2, -0.15) is 0 Å². The molecule has 1 saturated carbocycles. The van der Waals surface area contributed by atoms with Crippen LogP contribution in [0.2, 0.25) is 5.15 Å². The summed E-state index contributed by atoms with van der Waals surface area (Å²) in [6.07, 6.45) is 1.40. The molecule has 0 amide bonds. The van der Waals surface area contributed by atoms with E-state index in [1.807, 2.05) is 13.8 Å². The lowest BCUT2D eigenvalue weighted by Crippen LogP contribution is -2.35. The SMILES string of the molecule is CCCSc1nc(Cl)c(N)c(NC2CC(CO)C3OC(C)(C)OC23)n1. The summed E-state index contributed by atoms with van der Waals surface area (Å²) in [5.74, 6) is 0.761. The number of fused-ring (bicyclic) bond motifs is 1. The Balaban J connectivity index is 1.80. The number of hydrogen-bond donors (Lipinski definition) is 3. The first-order valence-corrected chi connectivity index (χ1v) is 9.89. The molecule has 4 N–H and O–H groups in total. The zero-order chi connectivity index (χ0) is 18.2. The Morgan fingerprint density at radius 1 is 1.36 bits per heavy atom. The molecule has 4 atom stereocenters. The van der Waals surface area contributed by atoms with Crippen LogP contribution in [0.4, 0.5) is 11.5 Å². The minimum atomic E-state index is -0.667. The van der Waals surface area contributed by atoms with Crippen LogP contribution in [0, 0.1) is 5.92 Å². The number of rotatable bonds is 6. The highest BCUT2D eigenvalue weighted by molar-refractivity contribution is 7.99. The van der Waals surface area contributed by atoms with Gasteiger partial charge in [0.1, 0.15) is 11.8 Å². The minimum absolute atomic E-state index is 0.0109. The van der Waals surface area contributed by atoms with Crippen LogP contribution < -0.4 is 11.1 Å². The highest BCUT2D eigenvalue weighted by Crippen LogP contribution is 2.43. The van der Waals surface area contributed by atoms with Gasteiger partial charge in [0.15, 0.2) is 21.9 Å². The lowest BCUT2D eigenvalue weighted by atomic mass is 10.1. The molecule has 140 valence electrons. The van der Waals surface area contributed by atoms with Crippen molar-refractivity contribution in [3.05, 3.63) is 5.15 Å². The highest BCUT2D eigenvalue weighted by atomic mass is 35.5. The lowest BCUT2D eigenvalue weighted by Gasteiger charge is -2.24. The van der Waals surface area contributed by atoms with Crippen molar-refractivity contribution in [1.29, 1.82) is 0 Å². The Labute approximate surface area is 157 Å². The summed E-state index contributed by atoms with van der Waals surface area (Å²) < 4.78 is 12.0. The van der Waals surface area contributed by atoms with Crippen LogP contribution in [0.3, 0.4) is 0 Å². The van der Waals surface area contributed by atoms with Crippen LogP contribution in [0.25, 0.3) is 0 Å². The average molecular weight is 389 g/mol. The molecule has 1 aromatic rings. The van der Waals surface area contributed by atoms with Crippen molar-refractivity contribution >= 4 is 34.9 Å². The largest absolute Gasteiger partial charge is 0.396 e. The van der Waals surface area contributed by atoms with Gasteiger partial charge in [0.25, 0.3) is 0 Å². The van der Waals surface area contributed by atoms with Crippen molar-refractivity contribution in [2.24, 2.45) is 5.92 Å². The Kier molecular flexibility index (Phi) is 5.65. The smallest absolute Gasteiger partial charge is 0.191 e. The first-order valence-electron chi connectivity index (χ1n) is 8.53. The molecule has 4 unspecified atom stereocenters. The van der Waals surface area contributed by atoms with Crippen LogP contribution in [-0.4, -0.2) is 51.5 Å².